The summed E-state index contributed by atoms with van der Waals surface area (Å²) in [5, 5.41) is 2.55. The number of pyridine rings is 1. The molecule has 0 spiro atoms. The summed E-state index contributed by atoms with van der Waals surface area (Å²) in [6.07, 6.45) is 4.84. The third kappa shape index (κ3) is 3.22. The second-order valence-corrected chi connectivity index (χ2v) is 6.69. The normalized spacial score (nSPS) is 15.4. The van der Waals surface area contributed by atoms with Gasteiger partial charge in [0.25, 0.3) is 11.1 Å². The first-order valence-corrected chi connectivity index (χ1v) is 8.68. The van der Waals surface area contributed by atoms with E-state index in [9.17, 15) is 14.4 Å². The van der Waals surface area contributed by atoms with Gasteiger partial charge in [0.1, 0.15) is 11.3 Å². The first-order valence-electron chi connectivity index (χ1n) is 7.86. The number of fused-ring (bicyclic) bond motifs is 1. The van der Waals surface area contributed by atoms with Crippen LogP contribution in [0.2, 0.25) is 0 Å². The SMILES string of the molecule is COC(=O)c1ccc(-c2cncc3cc(/C=C4\SC(=O)NC4=O)oc23)cc1. The Morgan fingerprint density at radius 2 is 2.00 bits per heavy atom. The van der Waals surface area contributed by atoms with Gasteiger partial charge in [0.15, 0.2) is 0 Å². The predicted octanol–water partition coefficient (Wildman–Crippen LogP) is 3.61. The number of carbonyl (C=O) groups excluding carboxylic acids is 3. The van der Waals surface area contributed by atoms with Crippen molar-refractivity contribution >= 4 is 45.9 Å². The second-order valence-electron chi connectivity index (χ2n) is 5.68. The molecule has 1 aliphatic heterocycles. The molecule has 2 amide bonds. The molecule has 1 fully saturated rings. The van der Waals surface area contributed by atoms with E-state index >= 15 is 0 Å². The van der Waals surface area contributed by atoms with Crippen molar-refractivity contribution in [3.63, 3.8) is 0 Å². The quantitative estimate of drug-likeness (QED) is 0.547. The predicted molar refractivity (Wildman–Crippen MR) is 99.9 cm³/mol. The van der Waals surface area contributed by atoms with E-state index in [0.717, 1.165) is 28.3 Å². The van der Waals surface area contributed by atoms with Crippen LogP contribution in [0.25, 0.3) is 28.2 Å². The number of ether oxygens (including phenoxy) is 1. The van der Waals surface area contributed by atoms with Gasteiger partial charge in [-0.15, -0.1) is 0 Å². The Balaban J connectivity index is 1.73. The fourth-order valence-electron chi connectivity index (χ4n) is 2.71. The van der Waals surface area contributed by atoms with Gasteiger partial charge in [-0.25, -0.2) is 4.79 Å². The van der Waals surface area contributed by atoms with Crippen molar-refractivity contribution in [1.29, 1.82) is 0 Å². The van der Waals surface area contributed by atoms with Crippen LogP contribution in [0.1, 0.15) is 16.1 Å². The zero-order valence-electron chi connectivity index (χ0n) is 14.0. The topological polar surface area (TPSA) is 98.5 Å². The Morgan fingerprint density at radius 1 is 1.22 bits per heavy atom. The molecule has 27 heavy (non-hydrogen) atoms. The lowest BCUT2D eigenvalue weighted by Crippen LogP contribution is -2.17. The zero-order chi connectivity index (χ0) is 19.0. The van der Waals surface area contributed by atoms with E-state index in [2.05, 4.69) is 10.3 Å². The molecule has 1 aliphatic rings. The summed E-state index contributed by atoms with van der Waals surface area (Å²) in [4.78, 5) is 39.0. The molecule has 2 aromatic heterocycles. The number of carbonyl (C=O) groups is 3. The Hall–Kier alpha value is -3.39. The summed E-state index contributed by atoms with van der Waals surface area (Å²) < 4.78 is 10.6. The number of furan rings is 1. The van der Waals surface area contributed by atoms with Crippen LogP contribution in [0.4, 0.5) is 4.79 Å². The molecule has 0 radical (unpaired) electrons. The molecule has 3 aromatic rings. The summed E-state index contributed by atoms with van der Waals surface area (Å²) >= 11 is 0.828. The maximum absolute atomic E-state index is 11.7. The number of thioether (sulfide) groups is 1. The van der Waals surface area contributed by atoms with E-state index in [1.165, 1.54) is 13.2 Å². The number of methoxy groups -OCH3 is 1. The maximum atomic E-state index is 11.7. The van der Waals surface area contributed by atoms with Gasteiger partial charge < -0.3 is 9.15 Å². The van der Waals surface area contributed by atoms with Gasteiger partial charge in [-0.05, 0) is 35.5 Å². The van der Waals surface area contributed by atoms with Crippen LogP contribution in [0.15, 0.2) is 52.0 Å². The van der Waals surface area contributed by atoms with Crippen LogP contribution >= 0.6 is 11.8 Å². The Labute approximate surface area is 157 Å². The summed E-state index contributed by atoms with van der Waals surface area (Å²) in [5.74, 6) is -0.410. The fraction of sp³-hybridized carbons (Fsp3) is 0.0526. The molecule has 3 heterocycles. The monoisotopic (exact) mass is 380 g/mol. The van der Waals surface area contributed by atoms with Crippen molar-refractivity contribution in [2.45, 2.75) is 0 Å². The molecular formula is C19H12N2O5S. The number of nitrogens with zero attached hydrogens (tertiary/aromatic N) is 1. The van der Waals surface area contributed by atoms with Gasteiger partial charge in [0.2, 0.25) is 0 Å². The zero-order valence-corrected chi connectivity index (χ0v) is 14.8. The second kappa shape index (κ2) is 6.73. The highest BCUT2D eigenvalue weighted by Gasteiger charge is 2.25. The van der Waals surface area contributed by atoms with Crippen LogP contribution in [-0.4, -0.2) is 29.2 Å². The minimum absolute atomic E-state index is 0.274. The average Bonchev–Trinajstić information content (AvgIpc) is 3.23. The Morgan fingerprint density at radius 3 is 2.67 bits per heavy atom. The smallest absolute Gasteiger partial charge is 0.337 e. The van der Waals surface area contributed by atoms with Gasteiger partial charge in [-0.2, -0.15) is 0 Å². The van der Waals surface area contributed by atoms with Crippen molar-refractivity contribution in [3.8, 4) is 11.1 Å². The molecular weight excluding hydrogens is 368 g/mol. The van der Waals surface area contributed by atoms with Crippen LogP contribution in [0, 0.1) is 0 Å². The van der Waals surface area contributed by atoms with Crippen LogP contribution in [0.5, 0.6) is 0 Å². The Kier molecular flexibility index (Phi) is 4.25. The minimum Gasteiger partial charge on any atom is -0.465 e. The number of nitrogens with one attached hydrogen (secondary N) is 1. The van der Waals surface area contributed by atoms with Crippen molar-refractivity contribution < 1.29 is 23.5 Å². The average molecular weight is 380 g/mol. The number of hydrogen-bond acceptors (Lipinski definition) is 7. The summed E-state index contributed by atoms with van der Waals surface area (Å²) in [7, 11) is 1.33. The summed E-state index contributed by atoms with van der Waals surface area (Å²) in [6.45, 7) is 0. The van der Waals surface area contributed by atoms with Crippen LogP contribution in [-0.2, 0) is 9.53 Å². The lowest BCUT2D eigenvalue weighted by atomic mass is 10.0. The van der Waals surface area contributed by atoms with Crippen molar-refractivity contribution in [2.24, 2.45) is 0 Å². The number of amides is 2. The molecule has 1 saturated heterocycles. The van der Waals surface area contributed by atoms with Gasteiger partial charge in [0, 0.05) is 29.4 Å². The standard InChI is InChI=1S/C19H12N2O5S/c1-25-18(23)11-4-2-10(3-5-11)14-9-20-8-12-6-13(26-16(12)14)7-15-17(22)21-19(24)27-15/h2-9H,1H3,(H,21,22,24)/b15-7-. The van der Waals surface area contributed by atoms with Crippen molar-refractivity contribution in [2.75, 3.05) is 7.11 Å². The molecule has 0 bridgehead atoms. The van der Waals surface area contributed by atoms with Gasteiger partial charge in [-0.3, -0.25) is 19.9 Å². The molecule has 0 saturated carbocycles. The molecule has 134 valence electrons. The van der Waals surface area contributed by atoms with Crippen molar-refractivity contribution in [3.05, 3.63) is 59.0 Å². The number of aromatic nitrogens is 1. The number of hydrogen-bond donors (Lipinski definition) is 1. The van der Waals surface area contributed by atoms with E-state index in [4.69, 9.17) is 9.15 Å². The summed E-state index contributed by atoms with van der Waals surface area (Å²) in [5.41, 5.74) is 2.60. The largest absolute Gasteiger partial charge is 0.465 e. The molecule has 1 N–H and O–H groups in total. The highest BCUT2D eigenvalue weighted by Crippen LogP contribution is 2.32. The number of benzene rings is 1. The lowest BCUT2D eigenvalue weighted by molar-refractivity contribution is -0.115. The first kappa shape index (κ1) is 17.0. The molecule has 0 aliphatic carbocycles. The van der Waals surface area contributed by atoms with E-state index in [-0.39, 0.29) is 4.91 Å². The highest BCUT2D eigenvalue weighted by molar-refractivity contribution is 8.18. The molecule has 1 aromatic carbocycles. The minimum atomic E-state index is -0.442. The fourth-order valence-corrected chi connectivity index (χ4v) is 3.38. The van der Waals surface area contributed by atoms with Crippen molar-refractivity contribution in [1.82, 2.24) is 10.3 Å². The molecule has 0 atom stereocenters. The van der Waals surface area contributed by atoms with Crippen LogP contribution < -0.4 is 5.32 Å². The van der Waals surface area contributed by atoms with E-state index in [1.54, 1.807) is 42.7 Å². The number of imide groups is 1. The molecule has 0 unspecified atom stereocenters. The van der Waals surface area contributed by atoms with E-state index in [0.29, 0.717) is 16.9 Å². The van der Waals surface area contributed by atoms with Gasteiger partial charge in [-0.1, -0.05) is 12.1 Å². The third-order valence-electron chi connectivity index (χ3n) is 3.97. The highest BCUT2D eigenvalue weighted by atomic mass is 32.2. The number of rotatable bonds is 3. The Bertz CT molecular complexity index is 1110. The third-order valence-corrected chi connectivity index (χ3v) is 4.78. The summed E-state index contributed by atoms with van der Waals surface area (Å²) in [6, 6.07) is 8.64. The van der Waals surface area contributed by atoms with Crippen LogP contribution in [0.3, 0.4) is 0 Å². The number of esters is 1. The first-order chi connectivity index (χ1) is 13.0. The molecule has 4 rings (SSSR count). The maximum Gasteiger partial charge on any atom is 0.337 e. The lowest BCUT2D eigenvalue weighted by Gasteiger charge is -2.04. The molecule has 8 heteroatoms. The van der Waals surface area contributed by atoms with E-state index < -0.39 is 17.1 Å². The van der Waals surface area contributed by atoms with E-state index in [1.807, 2.05) is 0 Å². The van der Waals surface area contributed by atoms with Gasteiger partial charge in [0.05, 0.1) is 17.6 Å². The van der Waals surface area contributed by atoms with Gasteiger partial charge >= 0.3 is 5.97 Å². The molecule has 7 nitrogen and oxygen atoms in total.